The van der Waals surface area contributed by atoms with Crippen LogP contribution in [-0.4, -0.2) is 161 Å². The van der Waals surface area contributed by atoms with E-state index in [4.69, 9.17) is 49.1 Å². The first kappa shape index (κ1) is 62.6. The van der Waals surface area contributed by atoms with Gasteiger partial charge in [0.1, 0.15) is 125 Å². The highest BCUT2D eigenvalue weighted by molar-refractivity contribution is 7.14. The van der Waals surface area contributed by atoms with Gasteiger partial charge in [-0.3, -0.25) is 24.0 Å². The van der Waals surface area contributed by atoms with Gasteiger partial charge in [0.15, 0.2) is 12.4 Å². The predicted molar refractivity (Wildman–Crippen MR) is 327 cm³/mol. The standard InChI is InChI=1S/C57H55N13O16S5/c1-20(71)36-49(77)69-37(21(2)81-6)52-65-32(19-90-52)48(76)70-41-42-43(86-34-11-57(4,80)44(59-5)22(3)85-34)56(79)83-12-23-8-7-9-26-35(23)25(13-82-42)39(60-26)55(78)84-14-27(61-46(74)30-18-91-54(41)66-30)51-62-28(15-88-51)38-24(50-64-31(17-87-50)47(75)68-36)10-33(72)40(67-38)53-63-29(16-89-53)45(58)73/h7-10,15-20,22,27,34,36,41-44,59-60,71-72,80H,11-14H2,1-6H3,(H2,58,73)(H,61,74)(H,68,75)(H,69,77)(H,70,76)/b37-21+. The number of nitrogens with two attached hydrogens (primary N) is 1. The third-order valence-electron chi connectivity index (χ3n) is 15.5. The first-order valence-electron chi connectivity index (χ1n) is 27.8. The van der Waals surface area contributed by atoms with Crippen molar-refractivity contribution in [3.05, 3.63) is 112 Å². The molecule has 4 aliphatic heterocycles. The molecule has 474 valence electrons. The minimum atomic E-state index is -1.84. The molecule has 0 aliphatic carbocycles. The smallest absolute Gasteiger partial charge is 0.355 e. The van der Waals surface area contributed by atoms with Crippen molar-refractivity contribution in [2.45, 2.75) is 108 Å². The van der Waals surface area contributed by atoms with E-state index >= 15 is 9.59 Å². The van der Waals surface area contributed by atoms with Gasteiger partial charge in [0.05, 0.1) is 37.6 Å². The van der Waals surface area contributed by atoms with E-state index in [1.54, 1.807) is 44.5 Å². The van der Waals surface area contributed by atoms with Crippen LogP contribution < -0.4 is 32.3 Å². The number of amides is 5. The minimum Gasteiger partial charge on any atom is -0.506 e. The van der Waals surface area contributed by atoms with Crippen molar-refractivity contribution < 1.29 is 77.3 Å². The van der Waals surface area contributed by atoms with Gasteiger partial charge >= 0.3 is 11.9 Å². The largest absolute Gasteiger partial charge is 0.506 e. The van der Waals surface area contributed by atoms with Crippen LogP contribution in [0.25, 0.3) is 49.3 Å². The van der Waals surface area contributed by atoms with E-state index in [9.17, 15) is 39.3 Å². The Labute approximate surface area is 534 Å². The zero-order valence-electron chi connectivity index (χ0n) is 48.7. The van der Waals surface area contributed by atoms with E-state index in [-0.39, 0.29) is 106 Å². The number of aromatic nitrogens is 7. The average molecular weight is 1340 g/mol. The van der Waals surface area contributed by atoms with Gasteiger partial charge in [0.25, 0.3) is 23.6 Å². The second-order valence-corrected chi connectivity index (χ2v) is 26.0. The number of aromatic hydroxyl groups is 1. The third-order valence-corrected chi connectivity index (χ3v) is 19.9. The van der Waals surface area contributed by atoms with Gasteiger partial charge in [0, 0.05) is 55.4 Å². The highest BCUT2D eigenvalue weighted by atomic mass is 32.1. The summed E-state index contributed by atoms with van der Waals surface area (Å²) in [4.78, 5) is 132. The number of primary amides is 1. The lowest BCUT2D eigenvalue weighted by Crippen LogP contribution is -2.61. The lowest BCUT2D eigenvalue weighted by Gasteiger charge is -2.45. The topological polar surface area (TPSA) is 415 Å². The number of pyridine rings is 1. The maximum absolute atomic E-state index is 15.1. The van der Waals surface area contributed by atoms with E-state index < -0.39 is 121 Å². The fraction of sp³-hybridized carbons (Fsp3) is 0.351. The molecule has 1 fully saturated rings. The molecule has 11 N–H and O–H groups in total. The number of thiazole rings is 5. The number of allylic oxidation sites excluding steroid dienone is 1. The minimum absolute atomic E-state index is 0.0151. The fourth-order valence-corrected chi connectivity index (χ4v) is 15.1. The zero-order valence-corrected chi connectivity index (χ0v) is 52.8. The van der Waals surface area contributed by atoms with Gasteiger partial charge in [-0.2, -0.15) is 0 Å². The number of hydrogen-bond donors (Lipinski definition) is 10. The van der Waals surface area contributed by atoms with Crippen molar-refractivity contribution >= 4 is 115 Å². The highest BCUT2D eigenvalue weighted by Gasteiger charge is 2.49. The van der Waals surface area contributed by atoms with Crippen LogP contribution in [0.2, 0.25) is 0 Å². The van der Waals surface area contributed by atoms with Crippen molar-refractivity contribution in [3.63, 3.8) is 0 Å². The number of esters is 2. The molecule has 7 aromatic heterocycles. The summed E-state index contributed by atoms with van der Waals surface area (Å²) in [5, 5.41) is 56.5. The van der Waals surface area contributed by atoms with Crippen LogP contribution in [0.1, 0.15) is 125 Å². The highest BCUT2D eigenvalue weighted by Crippen LogP contribution is 2.42. The summed E-state index contributed by atoms with van der Waals surface area (Å²) in [6, 6.07) is 1.35. The zero-order chi connectivity index (χ0) is 64.3. The molecule has 11 heterocycles. The number of fused-ring (bicyclic) bond motifs is 15. The lowest BCUT2D eigenvalue weighted by molar-refractivity contribution is -0.272. The Morgan fingerprint density at radius 1 is 0.835 bits per heavy atom. The van der Waals surface area contributed by atoms with Crippen molar-refractivity contribution in [2.24, 2.45) is 5.73 Å². The van der Waals surface area contributed by atoms with Crippen LogP contribution in [0.3, 0.4) is 0 Å². The molecule has 0 saturated carbocycles. The number of likely N-dealkylation sites (N-methyl/N-ethyl adjacent to an activating group) is 1. The Morgan fingerprint density at radius 2 is 1.52 bits per heavy atom. The number of H-pyrrole nitrogens is 1. The number of carbonyl (C=O) groups excluding carboxylic acids is 7. The molecular formula is C57H55N13O16S5. The van der Waals surface area contributed by atoms with Crippen LogP contribution >= 0.6 is 56.7 Å². The van der Waals surface area contributed by atoms with Crippen LogP contribution in [0.5, 0.6) is 5.75 Å². The summed E-state index contributed by atoms with van der Waals surface area (Å²) in [6.45, 7) is 4.68. The number of aliphatic hydroxyl groups excluding tert-OH is 1. The first-order chi connectivity index (χ1) is 43.6. The van der Waals surface area contributed by atoms with Gasteiger partial charge in [-0.15, -0.1) is 56.7 Å². The molecule has 12 bridgehead atoms. The number of ether oxygens (including phenoxy) is 6. The van der Waals surface area contributed by atoms with Crippen molar-refractivity contribution in [1.82, 2.24) is 61.5 Å². The molecule has 0 radical (unpaired) electrons. The Kier molecular flexibility index (Phi) is 17.4. The van der Waals surface area contributed by atoms with E-state index in [2.05, 4.69) is 46.5 Å². The number of aromatic amines is 1. The summed E-state index contributed by atoms with van der Waals surface area (Å²) in [6.07, 6.45) is -7.23. The molecule has 12 rings (SSSR count). The summed E-state index contributed by atoms with van der Waals surface area (Å²) < 4.78 is 37.6. The second kappa shape index (κ2) is 25.3. The number of methoxy groups -OCH3 is 1. The number of cyclic esters (lactones) is 2. The maximum atomic E-state index is 15.1. The Hall–Kier alpha value is -8.55. The molecule has 10 atom stereocenters. The molecule has 8 aromatic rings. The van der Waals surface area contributed by atoms with Gasteiger partial charge in [-0.25, -0.2) is 39.5 Å². The monoisotopic (exact) mass is 1340 g/mol. The molecule has 10 unspecified atom stereocenters. The molecule has 4 aliphatic rings. The fourth-order valence-electron chi connectivity index (χ4n) is 10.9. The molecule has 0 spiro atoms. The molecular weight excluding hydrogens is 1280 g/mol. The summed E-state index contributed by atoms with van der Waals surface area (Å²) >= 11 is 4.74. The van der Waals surface area contributed by atoms with Crippen molar-refractivity contribution in [3.8, 4) is 38.4 Å². The predicted octanol–water partition coefficient (Wildman–Crippen LogP) is 4.21. The number of aliphatic hydroxyl groups is 2. The molecule has 1 saturated heterocycles. The quantitative estimate of drug-likeness (QED) is 0.0789. The van der Waals surface area contributed by atoms with Crippen LogP contribution in [0.15, 0.2) is 56.9 Å². The Bertz CT molecular complexity index is 4260. The Balaban J connectivity index is 1.04. The van der Waals surface area contributed by atoms with Gasteiger partial charge in [0.2, 0.25) is 5.91 Å². The number of benzene rings is 1. The Morgan fingerprint density at radius 3 is 2.24 bits per heavy atom. The van der Waals surface area contributed by atoms with Gasteiger partial charge < -0.3 is 81.0 Å². The molecule has 34 heteroatoms. The van der Waals surface area contributed by atoms with E-state index in [0.29, 0.717) is 16.5 Å². The number of rotatable bonds is 7. The molecule has 1 aromatic carbocycles. The van der Waals surface area contributed by atoms with Gasteiger partial charge in [-0.1, -0.05) is 12.1 Å². The van der Waals surface area contributed by atoms with E-state index in [1.807, 2.05) is 0 Å². The summed E-state index contributed by atoms with van der Waals surface area (Å²) in [5.74, 6) is -6.65. The number of carbonyl (C=O) groups is 7. The van der Waals surface area contributed by atoms with Crippen LogP contribution in [-0.2, 0) is 51.2 Å². The van der Waals surface area contributed by atoms with E-state index in [0.717, 1.165) is 56.7 Å². The molecule has 5 amide bonds. The third kappa shape index (κ3) is 12.3. The normalized spacial score (nSPS) is 25.0. The summed E-state index contributed by atoms with van der Waals surface area (Å²) in [5.41, 5.74) is 4.46. The first-order valence-corrected chi connectivity index (χ1v) is 32.2. The van der Waals surface area contributed by atoms with Crippen molar-refractivity contribution in [1.29, 1.82) is 0 Å². The number of hydrogen-bond acceptors (Lipinski definition) is 28. The SMILES string of the molecule is CNC1C(C)OC(OC2C(=O)OCc3cccc4[nH]c5c(c34)COC2C2NC(=O)c3csc(n3)/C(=C(/C)OC)NC(=O)C(C(C)O)NC(=O)c3csc(n3)-c3cc(O)c(-c4nc(C(N)=O)cs4)nc3-c3csc(n3)C(COC5=O)NC(=O)c3csc2n3)CC1(C)O. The molecule has 91 heavy (non-hydrogen) atoms. The molecule has 29 nitrogen and oxygen atoms in total. The average Bonchev–Trinajstić information content (AvgIpc) is 1.46. The number of nitrogens with one attached hydrogen (secondary N) is 6. The van der Waals surface area contributed by atoms with Gasteiger partial charge in [-0.05, 0) is 52.4 Å². The lowest BCUT2D eigenvalue weighted by atomic mass is 9.86. The summed E-state index contributed by atoms with van der Waals surface area (Å²) in [7, 11) is 2.98. The second-order valence-electron chi connectivity index (χ2n) is 21.6. The van der Waals surface area contributed by atoms with Crippen molar-refractivity contribution in [2.75, 3.05) is 20.8 Å². The van der Waals surface area contributed by atoms with E-state index in [1.165, 1.54) is 48.5 Å². The maximum Gasteiger partial charge on any atom is 0.355 e. The van der Waals surface area contributed by atoms with Crippen LogP contribution in [0, 0.1) is 0 Å². The number of nitrogens with zero attached hydrogens (tertiary/aromatic N) is 6. The van der Waals surface area contributed by atoms with Crippen LogP contribution in [0.4, 0.5) is 0 Å².